The fourth-order valence-corrected chi connectivity index (χ4v) is 2.83. The van der Waals surface area contributed by atoms with Crippen molar-refractivity contribution in [2.24, 2.45) is 5.10 Å². The maximum Gasteiger partial charge on any atom is 0.277 e. The summed E-state index contributed by atoms with van der Waals surface area (Å²) in [5.41, 5.74) is 3.91. The Labute approximate surface area is 176 Å². The van der Waals surface area contributed by atoms with E-state index < -0.39 is 5.91 Å². The second kappa shape index (κ2) is 9.15. The number of furan rings is 1. The van der Waals surface area contributed by atoms with Gasteiger partial charge in [-0.3, -0.25) is 4.79 Å². The number of hydrogen-bond donors (Lipinski definition) is 1. The second-order valence-electron chi connectivity index (χ2n) is 5.80. The summed E-state index contributed by atoms with van der Waals surface area (Å²) in [6.45, 7) is 1.67. The van der Waals surface area contributed by atoms with Crippen molar-refractivity contribution in [3.05, 3.63) is 74.9 Å². The van der Waals surface area contributed by atoms with E-state index in [0.29, 0.717) is 37.9 Å². The highest BCUT2D eigenvalue weighted by atomic mass is 35.5. The van der Waals surface area contributed by atoms with Crippen molar-refractivity contribution in [1.29, 1.82) is 0 Å². The van der Waals surface area contributed by atoms with Gasteiger partial charge in [0.25, 0.3) is 5.91 Å². The summed E-state index contributed by atoms with van der Waals surface area (Å²) in [5, 5.41) is 5.34. The Morgan fingerprint density at radius 1 is 1.14 bits per heavy atom. The highest BCUT2D eigenvalue weighted by molar-refractivity contribution is 6.43. The quantitative estimate of drug-likeness (QED) is 0.395. The van der Waals surface area contributed by atoms with Crippen LogP contribution in [0, 0.1) is 6.92 Å². The first-order valence-electron chi connectivity index (χ1n) is 8.19. The van der Waals surface area contributed by atoms with Crippen molar-refractivity contribution in [2.75, 3.05) is 6.61 Å². The molecule has 0 unspecified atom stereocenters. The number of nitrogens with zero attached hydrogens (tertiary/aromatic N) is 1. The molecule has 8 heteroatoms. The summed E-state index contributed by atoms with van der Waals surface area (Å²) in [6, 6.07) is 13.9. The Morgan fingerprint density at radius 3 is 2.75 bits per heavy atom. The normalized spacial score (nSPS) is 11.0. The third-order valence-corrected chi connectivity index (χ3v) is 4.97. The molecule has 1 aromatic heterocycles. The smallest absolute Gasteiger partial charge is 0.277 e. The number of hydrogen-bond acceptors (Lipinski definition) is 4. The number of carbonyl (C=O) groups is 1. The highest BCUT2D eigenvalue weighted by Crippen LogP contribution is 2.34. The van der Waals surface area contributed by atoms with E-state index in [1.807, 2.05) is 6.92 Å². The largest absolute Gasteiger partial charge is 0.484 e. The van der Waals surface area contributed by atoms with Crippen LogP contribution in [-0.4, -0.2) is 18.7 Å². The van der Waals surface area contributed by atoms with Crippen molar-refractivity contribution in [1.82, 2.24) is 5.43 Å². The van der Waals surface area contributed by atoms with E-state index in [2.05, 4.69) is 10.5 Å². The summed E-state index contributed by atoms with van der Waals surface area (Å²) in [7, 11) is 0. The van der Waals surface area contributed by atoms with Crippen LogP contribution in [0.5, 0.6) is 5.75 Å². The predicted octanol–water partition coefficient (Wildman–Crippen LogP) is 5.74. The van der Waals surface area contributed by atoms with Crippen LogP contribution in [0.1, 0.15) is 11.3 Å². The molecule has 0 spiro atoms. The lowest BCUT2D eigenvalue weighted by molar-refractivity contribution is -0.123. The van der Waals surface area contributed by atoms with Crippen LogP contribution in [0.3, 0.4) is 0 Å². The summed E-state index contributed by atoms with van der Waals surface area (Å²) in [4.78, 5) is 11.8. The molecule has 1 N–H and O–H groups in total. The van der Waals surface area contributed by atoms with Crippen molar-refractivity contribution in [3.8, 4) is 17.1 Å². The van der Waals surface area contributed by atoms with Crippen molar-refractivity contribution < 1.29 is 13.9 Å². The number of ether oxygens (including phenoxy) is 1. The summed E-state index contributed by atoms with van der Waals surface area (Å²) in [5.74, 6) is 1.13. The molecular formula is C20H15Cl3N2O3. The fourth-order valence-electron chi connectivity index (χ4n) is 2.32. The van der Waals surface area contributed by atoms with E-state index in [4.69, 9.17) is 44.0 Å². The number of benzene rings is 2. The molecule has 2 aromatic carbocycles. The van der Waals surface area contributed by atoms with Gasteiger partial charge in [0.15, 0.2) is 6.61 Å². The van der Waals surface area contributed by atoms with E-state index in [1.54, 1.807) is 48.5 Å². The van der Waals surface area contributed by atoms with Crippen molar-refractivity contribution in [3.63, 3.8) is 0 Å². The molecule has 3 aromatic rings. The molecule has 0 fully saturated rings. The minimum atomic E-state index is -0.409. The van der Waals surface area contributed by atoms with Gasteiger partial charge in [0.05, 0.1) is 16.3 Å². The molecule has 0 atom stereocenters. The van der Waals surface area contributed by atoms with Crippen LogP contribution < -0.4 is 10.2 Å². The molecule has 0 aliphatic rings. The van der Waals surface area contributed by atoms with Crippen molar-refractivity contribution >= 4 is 46.9 Å². The molecule has 28 heavy (non-hydrogen) atoms. The van der Waals surface area contributed by atoms with E-state index in [-0.39, 0.29) is 6.61 Å². The summed E-state index contributed by atoms with van der Waals surface area (Å²) >= 11 is 18.1. The van der Waals surface area contributed by atoms with Gasteiger partial charge >= 0.3 is 0 Å². The molecule has 144 valence electrons. The maximum atomic E-state index is 11.8. The fraction of sp³-hybridized carbons (Fsp3) is 0.100. The lowest BCUT2D eigenvalue weighted by atomic mass is 10.2. The number of carbonyl (C=O) groups excluding carboxylic acids is 1. The van der Waals surface area contributed by atoms with Gasteiger partial charge < -0.3 is 9.15 Å². The van der Waals surface area contributed by atoms with Gasteiger partial charge in [-0.1, -0.05) is 40.9 Å². The van der Waals surface area contributed by atoms with Crippen LogP contribution in [0.4, 0.5) is 0 Å². The maximum absolute atomic E-state index is 11.8. The van der Waals surface area contributed by atoms with Gasteiger partial charge in [0.1, 0.15) is 17.3 Å². The second-order valence-corrected chi connectivity index (χ2v) is 6.99. The van der Waals surface area contributed by atoms with E-state index >= 15 is 0 Å². The average Bonchev–Trinajstić information content (AvgIpc) is 3.13. The molecule has 1 amide bonds. The molecule has 0 saturated carbocycles. The molecule has 0 saturated heterocycles. The Hall–Kier alpha value is -2.47. The van der Waals surface area contributed by atoms with Crippen molar-refractivity contribution in [2.45, 2.75) is 6.92 Å². The molecular weight excluding hydrogens is 423 g/mol. The molecule has 3 rings (SSSR count). The first-order valence-corrected chi connectivity index (χ1v) is 9.32. The average molecular weight is 438 g/mol. The number of nitrogens with one attached hydrogen (secondary N) is 1. The number of aryl methyl sites for hydroxylation is 1. The lowest BCUT2D eigenvalue weighted by Crippen LogP contribution is -2.24. The van der Waals surface area contributed by atoms with Crippen LogP contribution >= 0.6 is 34.8 Å². The summed E-state index contributed by atoms with van der Waals surface area (Å²) < 4.78 is 11.1. The number of halogens is 3. The zero-order chi connectivity index (χ0) is 20.1. The minimum Gasteiger partial charge on any atom is -0.484 e. The van der Waals surface area contributed by atoms with E-state index in [1.165, 1.54) is 6.21 Å². The third-order valence-electron chi connectivity index (χ3n) is 3.72. The minimum absolute atomic E-state index is 0.181. The predicted molar refractivity (Wildman–Crippen MR) is 112 cm³/mol. The van der Waals surface area contributed by atoms with Gasteiger partial charge in [-0.05, 0) is 55.0 Å². The van der Waals surface area contributed by atoms with Gasteiger partial charge in [-0.25, -0.2) is 5.43 Å². The number of rotatable bonds is 6. The molecule has 0 radical (unpaired) electrons. The van der Waals surface area contributed by atoms with E-state index in [9.17, 15) is 4.79 Å². The Bertz CT molecular complexity index is 1030. The first kappa shape index (κ1) is 20.3. The molecule has 0 aliphatic heterocycles. The lowest BCUT2D eigenvalue weighted by Gasteiger charge is -2.06. The Balaban J connectivity index is 1.54. The highest BCUT2D eigenvalue weighted by Gasteiger charge is 2.10. The molecule has 0 aliphatic carbocycles. The molecule has 5 nitrogen and oxygen atoms in total. The van der Waals surface area contributed by atoms with Gasteiger partial charge in [-0.15, -0.1) is 0 Å². The van der Waals surface area contributed by atoms with Crippen LogP contribution in [0.2, 0.25) is 15.1 Å². The zero-order valence-electron chi connectivity index (χ0n) is 14.7. The van der Waals surface area contributed by atoms with Crippen LogP contribution in [0.25, 0.3) is 11.3 Å². The zero-order valence-corrected chi connectivity index (χ0v) is 17.0. The Morgan fingerprint density at radius 2 is 1.96 bits per heavy atom. The van der Waals surface area contributed by atoms with Crippen LogP contribution in [-0.2, 0) is 4.79 Å². The van der Waals surface area contributed by atoms with E-state index in [0.717, 1.165) is 5.56 Å². The van der Waals surface area contributed by atoms with Gasteiger partial charge in [0, 0.05) is 10.6 Å². The number of amides is 1. The first-order chi connectivity index (χ1) is 13.4. The number of hydrazone groups is 1. The standard InChI is InChI=1S/C20H15Cl3N2O3/c1-12-9-13(5-7-16(12)21)27-11-19(26)25-24-10-14-6-8-18(28-14)15-3-2-4-17(22)20(15)23/h2-10H,11H2,1H3,(H,25,26)/b24-10+. The monoisotopic (exact) mass is 436 g/mol. The third kappa shape index (κ3) is 5.07. The SMILES string of the molecule is Cc1cc(OCC(=O)N/N=C/c2ccc(-c3cccc(Cl)c3Cl)o2)ccc1Cl. The Kier molecular flexibility index (Phi) is 6.62. The van der Waals surface area contributed by atoms with Gasteiger partial charge in [-0.2, -0.15) is 5.10 Å². The molecule has 0 bridgehead atoms. The molecule has 1 heterocycles. The van der Waals surface area contributed by atoms with Gasteiger partial charge in [0.2, 0.25) is 0 Å². The summed E-state index contributed by atoms with van der Waals surface area (Å²) in [6.07, 6.45) is 1.38. The topological polar surface area (TPSA) is 63.8 Å². The van der Waals surface area contributed by atoms with Crippen LogP contribution in [0.15, 0.2) is 58.0 Å².